The van der Waals surface area contributed by atoms with E-state index in [2.05, 4.69) is 26.3 Å². The SMILES string of the molecule is Cc1ccc(CNC(=O)[C@@H](CCCCN)NC(=O)[C@@H](CC(C)C)NC(=O)[C@@H](Cc2ccccc2)NC(=O)[C@H](N)Cc2ccccc2)nc1. The van der Waals surface area contributed by atoms with Gasteiger partial charge < -0.3 is 32.7 Å². The van der Waals surface area contributed by atoms with Crippen LogP contribution >= 0.6 is 0 Å². The molecular formula is C37H51N7O4. The Morgan fingerprint density at radius 3 is 1.88 bits per heavy atom. The highest BCUT2D eigenvalue weighted by Gasteiger charge is 2.31. The minimum Gasteiger partial charge on any atom is -0.349 e. The Hall–Kier alpha value is -4.61. The molecule has 0 aliphatic heterocycles. The normalized spacial score (nSPS) is 13.5. The standard InChI is InChI=1S/C37H51N7O4/c1-25(2)20-32(36(47)42-31(16-10-11-19-38)35(46)41-24-29-18-17-26(3)23-40-29)44-37(48)33(22-28-14-8-5-9-15-28)43-34(45)30(39)21-27-12-6-4-7-13-27/h4-9,12-15,17-18,23,25,30-33H,10-11,16,19-22,24,38-39H2,1-3H3,(H,41,46)(H,42,47)(H,43,45)(H,44,48)/t30-,31-,32-,33-/m1/s1. The first-order valence-corrected chi connectivity index (χ1v) is 16.7. The molecule has 0 radical (unpaired) electrons. The van der Waals surface area contributed by atoms with E-state index >= 15 is 0 Å². The highest BCUT2D eigenvalue weighted by atomic mass is 16.2. The molecule has 0 bridgehead atoms. The van der Waals surface area contributed by atoms with Gasteiger partial charge in [0, 0.05) is 12.6 Å². The lowest BCUT2D eigenvalue weighted by Crippen LogP contribution is -2.58. The van der Waals surface area contributed by atoms with Gasteiger partial charge in [-0.3, -0.25) is 24.2 Å². The molecule has 11 heteroatoms. The van der Waals surface area contributed by atoms with E-state index in [-0.39, 0.29) is 24.8 Å². The molecule has 0 fully saturated rings. The topological polar surface area (TPSA) is 181 Å². The van der Waals surface area contributed by atoms with Gasteiger partial charge >= 0.3 is 0 Å². The van der Waals surface area contributed by atoms with Crippen LogP contribution in [0.15, 0.2) is 79.0 Å². The van der Waals surface area contributed by atoms with Crippen LogP contribution in [0.1, 0.15) is 61.9 Å². The number of carbonyl (C=O) groups excluding carboxylic acids is 4. The third-order valence-corrected chi connectivity index (χ3v) is 7.89. The van der Waals surface area contributed by atoms with Crippen molar-refractivity contribution in [2.24, 2.45) is 17.4 Å². The maximum Gasteiger partial charge on any atom is 0.243 e. The van der Waals surface area contributed by atoms with E-state index in [1.165, 1.54) is 0 Å². The fraction of sp³-hybridized carbons (Fsp3) is 0.432. The minimum absolute atomic E-state index is 0.0413. The molecular weight excluding hydrogens is 606 g/mol. The average Bonchev–Trinajstić information content (AvgIpc) is 3.07. The largest absolute Gasteiger partial charge is 0.349 e. The zero-order valence-electron chi connectivity index (χ0n) is 28.3. The molecule has 3 rings (SSSR count). The molecule has 0 saturated heterocycles. The number of carbonyl (C=O) groups is 4. The number of amides is 4. The number of benzene rings is 2. The fourth-order valence-electron chi connectivity index (χ4n) is 5.21. The number of nitrogens with zero attached hydrogens (tertiary/aromatic N) is 1. The van der Waals surface area contributed by atoms with Gasteiger partial charge in [-0.05, 0) is 74.2 Å². The van der Waals surface area contributed by atoms with Crippen molar-refractivity contribution in [2.45, 2.75) is 90.0 Å². The molecule has 1 aromatic heterocycles. The van der Waals surface area contributed by atoms with Crippen LogP contribution in [0.4, 0.5) is 0 Å². The highest BCUT2D eigenvalue weighted by molar-refractivity contribution is 5.95. The van der Waals surface area contributed by atoms with E-state index in [1.807, 2.05) is 93.6 Å². The monoisotopic (exact) mass is 657 g/mol. The summed E-state index contributed by atoms with van der Waals surface area (Å²) < 4.78 is 0. The summed E-state index contributed by atoms with van der Waals surface area (Å²) in [6.07, 6.45) is 4.26. The predicted molar refractivity (Wildman–Crippen MR) is 187 cm³/mol. The van der Waals surface area contributed by atoms with Crippen molar-refractivity contribution in [1.29, 1.82) is 0 Å². The number of unbranched alkanes of at least 4 members (excludes halogenated alkanes) is 1. The smallest absolute Gasteiger partial charge is 0.243 e. The van der Waals surface area contributed by atoms with Crippen LogP contribution in [0.5, 0.6) is 0 Å². The number of nitrogens with one attached hydrogen (secondary N) is 4. The van der Waals surface area contributed by atoms with Crippen molar-refractivity contribution >= 4 is 23.6 Å². The van der Waals surface area contributed by atoms with Gasteiger partial charge in [0.05, 0.1) is 18.3 Å². The van der Waals surface area contributed by atoms with Crippen LogP contribution < -0.4 is 32.7 Å². The molecule has 48 heavy (non-hydrogen) atoms. The van der Waals surface area contributed by atoms with Gasteiger partial charge in [-0.1, -0.05) is 80.6 Å². The van der Waals surface area contributed by atoms with E-state index in [9.17, 15) is 19.2 Å². The molecule has 4 atom stereocenters. The summed E-state index contributed by atoms with van der Waals surface area (Å²) in [5.74, 6) is -1.78. The lowest BCUT2D eigenvalue weighted by Gasteiger charge is -2.27. The molecule has 4 amide bonds. The Morgan fingerprint density at radius 2 is 1.29 bits per heavy atom. The van der Waals surface area contributed by atoms with Crippen molar-refractivity contribution in [1.82, 2.24) is 26.3 Å². The van der Waals surface area contributed by atoms with Crippen molar-refractivity contribution in [3.63, 3.8) is 0 Å². The average molecular weight is 658 g/mol. The van der Waals surface area contributed by atoms with Gasteiger partial charge in [0.25, 0.3) is 0 Å². The summed E-state index contributed by atoms with van der Waals surface area (Å²) in [6, 6.07) is 18.8. The van der Waals surface area contributed by atoms with E-state index in [0.29, 0.717) is 44.3 Å². The maximum atomic E-state index is 13.8. The Kier molecular flexibility index (Phi) is 15.7. The Morgan fingerprint density at radius 1 is 0.708 bits per heavy atom. The second-order valence-electron chi connectivity index (χ2n) is 12.6. The lowest BCUT2D eigenvalue weighted by molar-refractivity contribution is -0.134. The van der Waals surface area contributed by atoms with Crippen LogP contribution in [-0.4, -0.2) is 59.3 Å². The van der Waals surface area contributed by atoms with Crippen LogP contribution in [0, 0.1) is 12.8 Å². The Balaban J connectivity index is 1.74. The van der Waals surface area contributed by atoms with E-state index in [1.54, 1.807) is 6.20 Å². The fourth-order valence-corrected chi connectivity index (χ4v) is 5.21. The second kappa shape index (κ2) is 19.9. The maximum absolute atomic E-state index is 13.8. The summed E-state index contributed by atoms with van der Waals surface area (Å²) in [4.78, 5) is 58.4. The van der Waals surface area contributed by atoms with Gasteiger partial charge in [0.1, 0.15) is 18.1 Å². The van der Waals surface area contributed by atoms with E-state index < -0.39 is 41.9 Å². The molecule has 0 aliphatic carbocycles. The van der Waals surface area contributed by atoms with Gasteiger partial charge in [-0.25, -0.2) is 0 Å². The zero-order chi connectivity index (χ0) is 34.9. The highest BCUT2D eigenvalue weighted by Crippen LogP contribution is 2.11. The van der Waals surface area contributed by atoms with Crippen molar-refractivity contribution in [3.05, 3.63) is 101 Å². The van der Waals surface area contributed by atoms with E-state index in [4.69, 9.17) is 11.5 Å². The van der Waals surface area contributed by atoms with Crippen LogP contribution in [0.2, 0.25) is 0 Å². The molecule has 11 nitrogen and oxygen atoms in total. The number of pyridine rings is 1. The second-order valence-corrected chi connectivity index (χ2v) is 12.6. The van der Waals surface area contributed by atoms with Crippen molar-refractivity contribution < 1.29 is 19.2 Å². The quantitative estimate of drug-likeness (QED) is 0.107. The molecule has 0 spiro atoms. The Bertz CT molecular complexity index is 1440. The number of nitrogens with two attached hydrogens (primary N) is 2. The summed E-state index contributed by atoms with van der Waals surface area (Å²) >= 11 is 0. The van der Waals surface area contributed by atoms with Gasteiger partial charge in [-0.2, -0.15) is 0 Å². The summed E-state index contributed by atoms with van der Waals surface area (Å²) in [6.45, 7) is 6.49. The van der Waals surface area contributed by atoms with Crippen molar-refractivity contribution in [2.75, 3.05) is 6.54 Å². The third kappa shape index (κ3) is 13.2. The summed E-state index contributed by atoms with van der Waals surface area (Å²) in [5, 5.41) is 11.4. The van der Waals surface area contributed by atoms with Crippen LogP contribution in [-0.2, 0) is 38.6 Å². The van der Waals surface area contributed by atoms with Crippen molar-refractivity contribution in [3.8, 4) is 0 Å². The first-order valence-electron chi connectivity index (χ1n) is 16.7. The number of aromatic nitrogens is 1. The molecule has 2 aromatic carbocycles. The molecule has 0 saturated carbocycles. The molecule has 0 aliphatic rings. The number of aryl methyl sites for hydroxylation is 1. The number of hydrogen-bond acceptors (Lipinski definition) is 7. The lowest BCUT2D eigenvalue weighted by atomic mass is 9.99. The van der Waals surface area contributed by atoms with Crippen LogP contribution in [0.3, 0.4) is 0 Å². The zero-order valence-corrected chi connectivity index (χ0v) is 28.3. The third-order valence-electron chi connectivity index (χ3n) is 7.89. The Labute approximate surface area is 284 Å². The molecule has 3 aromatic rings. The summed E-state index contributed by atoms with van der Waals surface area (Å²) in [7, 11) is 0. The van der Waals surface area contributed by atoms with Gasteiger partial charge in [-0.15, -0.1) is 0 Å². The van der Waals surface area contributed by atoms with Crippen LogP contribution in [0.25, 0.3) is 0 Å². The van der Waals surface area contributed by atoms with Gasteiger partial charge in [0.15, 0.2) is 0 Å². The summed E-state index contributed by atoms with van der Waals surface area (Å²) in [5.41, 5.74) is 15.4. The minimum atomic E-state index is -0.991. The number of rotatable bonds is 19. The first-order chi connectivity index (χ1) is 23.0. The van der Waals surface area contributed by atoms with E-state index in [0.717, 1.165) is 16.7 Å². The predicted octanol–water partition coefficient (Wildman–Crippen LogP) is 2.45. The first kappa shape index (κ1) is 37.8. The number of hydrogen-bond donors (Lipinski definition) is 6. The molecule has 1 heterocycles. The van der Waals surface area contributed by atoms with Gasteiger partial charge in [0.2, 0.25) is 23.6 Å². The molecule has 258 valence electrons. The molecule has 8 N–H and O–H groups in total. The molecule has 0 unspecified atom stereocenters.